The number of carbonyl (C=O) groups excluding carboxylic acids is 2. The van der Waals surface area contributed by atoms with Gasteiger partial charge in [0.2, 0.25) is 0 Å². The molecule has 0 saturated carbocycles. The van der Waals surface area contributed by atoms with Crippen molar-refractivity contribution in [2.45, 2.75) is 283 Å². The molecular formula is C78H130NO8+. The van der Waals surface area contributed by atoms with E-state index < -0.39 is 24.3 Å². The largest absolute Gasteiger partial charge is 0.477 e. The number of hydrogen-bond donors (Lipinski definition) is 1. The maximum absolute atomic E-state index is 13.0. The van der Waals surface area contributed by atoms with E-state index in [0.29, 0.717) is 17.4 Å². The lowest BCUT2D eigenvalue weighted by atomic mass is 10.0. The highest BCUT2D eigenvalue weighted by atomic mass is 16.7. The fourth-order valence-corrected chi connectivity index (χ4v) is 9.32. The number of carbonyl (C=O) groups is 3. The minimum absolute atomic E-state index is 0.179. The van der Waals surface area contributed by atoms with Crippen molar-refractivity contribution in [1.29, 1.82) is 0 Å². The normalized spacial score (nSPS) is 13.6. The van der Waals surface area contributed by atoms with Gasteiger partial charge in [0.05, 0.1) is 34.4 Å². The Morgan fingerprint density at radius 2 is 0.621 bits per heavy atom. The zero-order valence-electron chi connectivity index (χ0n) is 56.4. The van der Waals surface area contributed by atoms with Crippen LogP contribution in [0.1, 0.15) is 271 Å². The van der Waals surface area contributed by atoms with Gasteiger partial charge in [0.1, 0.15) is 13.2 Å². The van der Waals surface area contributed by atoms with Crippen LogP contribution < -0.4 is 0 Å². The van der Waals surface area contributed by atoms with Crippen molar-refractivity contribution >= 4 is 17.9 Å². The predicted octanol–water partition coefficient (Wildman–Crippen LogP) is 21.9. The summed E-state index contributed by atoms with van der Waals surface area (Å²) in [6, 6.07) is 0. The van der Waals surface area contributed by atoms with Crippen LogP contribution in [0, 0.1) is 0 Å². The van der Waals surface area contributed by atoms with E-state index in [1.807, 2.05) is 21.1 Å². The third kappa shape index (κ3) is 68.5. The van der Waals surface area contributed by atoms with Crippen molar-refractivity contribution in [2.75, 3.05) is 47.5 Å². The number of likely N-dealkylation sites (N-methyl/N-ethyl adjacent to an activating group) is 1. The number of unbranched alkanes of at least 4 members (excludes halogenated alkanes) is 24. The van der Waals surface area contributed by atoms with Gasteiger partial charge in [-0.05, 0) is 116 Å². The summed E-state index contributed by atoms with van der Waals surface area (Å²) in [5.41, 5.74) is 0. The second-order valence-electron chi connectivity index (χ2n) is 24.1. The average molecular weight is 1210 g/mol. The Morgan fingerprint density at radius 1 is 0.345 bits per heavy atom. The van der Waals surface area contributed by atoms with E-state index in [4.69, 9.17) is 18.9 Å². The number of carboxylic acids is 1. The molecule has 0 heterocycles. The maximum Gasteiger partial charge on any atom is 0.361 e. The Morgan fingerprint density at radius 3 is 0.920 bits per heavy atom. The quantitative estimate of drug-likeness (QED) is 0.0211. The molecule has 0 aromatic heterocycles. The number of carboxylic acid groups (broad SMARTS) is 1. The monoisotopic (exact) mass is 1210 g/mol. The molecule has 9 nitrogen and oxygen atoms in total. The molecule has 0 aliphatic rings. The standard InChI is InChI=1S/C78H129NO8/c1-6-8-10-12-14-16-18-20-22-24-26-28-30-32-33-34-35-36-37-38-39-40-41-42-43-45-47-49-51-53-55-57-59-61-63-65-67-69-76(81)87-74(73-86-78(77(82)83)84-71-70-79(3,4)5)72-85-75(80)68-66-64-62-60-58-56-54-52-50-48-46-44-31-29-27-25-23-21-19-17-15-13-11-9-7-2/h8-11,14-17,20-23,26-29,32-33,35-36,44,46,50,52,74,78H,6-7,12-13,18-19,24-25,30-31,34,37-43,45,47-49,51,53-73H2,1-5H3/p+1/b10-8-,11-9-,16-14-,17-15-,22-20-,23-21-,28-26-,29-27-,33-32-,36-35-,46-44-,52-50-. The Hall–Kier alpha value is -4.83. The van der Waals surface area contributed by atoms with Crippen LogP contribution in [0.4, 0.5) is 0 Å². The molecule has 9 heteroatoms. The summed E-state index contributed by atoms with van der Waals surface area (Å²) >= 11 is 0. The first kappa shape index (κ1) is 82.2. The molecule has 0 fully saturated rings. The first-order chi connectivity index (χ1) is 42.6. The molecule has 494 valence electrons. The van der Waals surface area contributed by atoms with Gasteiger partial charge in [0, 0.05) is 12.8 Å². The van der Waals surface area contributed by atoms with Crippen LogP contribution in [0.2, 0.25) is 0 Å². The Balaban J connectivity index is 4.13. The van der Waals surface area contributed by atoms with Crippen molar-refractivity contribution < 1.29 is 42.9 Å². The molecule has 0 aromatic carbocycles. The van der Waals surface area contributed by atoms with Gasteiger partial charge in [-0.15, -0.1) is 0 Å². The SMILES string of the molecule is CC/C=C\C/C=C\C/C=C\C/C=C\C/C=C\C/C=C\CCCCCCCCCCCCCCCCCCCCC(=O)OC(COC(=O)CCCCCCCC/C=C\C/C=C\C/C=C\C/C=C\C/C=C\C/C=C\CC)COC(OCC[N+](C)(C)C)C(=O)O. The zero-order chi connectivity index (χ0) is 63.3. The van der Waals surface area contributed by atoms with E-state index in [1.54, 1.807) is 0 Å². The minimum Gasteiger partial charge on any atom is -0.477 e. The highest BCUT2D eigenvalue weighted by molar-refractivity contribution is 5.71. The minimum atomic E-state index is -1.52. The first-order valence-corrected chi connectivity index (χ1v) is 35.0. The molecule has 0 aromatic rings. The van der Waals surface area contributed by atoms with Crippen LogP contribution in [-0.4, -0.2) is 87.4 Å². The van der Waals surface area contributed by atoms with Crippen molar-refractivity contribution in [1.82, 2.24) is 0 Å². The molecule has 87 heavy (non-hydrogen) atoms. The highest BCUT2D eigenvalue weighted by Gasteiger charge is 2.25. The van der Waals surface area contributed by atoms with E-state index in [9.17, 15) is 19.5 Å². The number of rotatable bonds is 63. The number of aliphatic carboxylic acids is 1. The summed E-state index contributed by atoms with van der Waals surface area (Å²) in [5, 5.41) is 9.75. The van der Waals surface area contributed by atoms with E-state index in [0.717, 1.165) is 135 Å². The summed E-state index contributed by atoms with van der Waals surface area (Å²) < 4.78 is 23.0. The van der Waals surface area contributed by atoms with Crippen LogP contribution >= 0.6 is 0 Å². The van der Waals surface area contributed by atoms with Gasteiger partial charge in [-0.25, -0.2) is 4.79 Å². The van der Waals surface area contributed by atoms with Crippen LogP contribution in [0.3, 0.4) is 0 Å². The van der Waals surface area contributed by atoms with E-state index in [1.165, 1.54) is 103 Å². The number of nitrogens with zero attached hydrogens (tertiary/aromatic N) is 1. The van der Waals surface area contributed by atoms with Gasteiger partial charge in [-0.2, -0.15) is 0 Å². The lowest BCUT2D eigenvalue weighted by Gasteiger charge is -2.25. The molecule has 2 unspecified atom stereocenters. The topological polar surface area (TPSA) is 108 Å². The van der Waals surface area contributed by atoms with Crippen LogP contribution in [-0.2, 0) is 33.3 Å². The highest BCUT2D eigenvalue weighted by Crippen LogP contribution is 2.17. The predicted molar refractivity (Wildman–Crippen MR) is 373 cm³/mol. The van der Waals surface area contributed by atoms with Crippen LogP contribution in [0.15, 0.2) is 146 Å². The summed E-state index contributed by atoms with van der Waals surface area (Å²) in [5.74, 6) is -2.03. The number of quaternary nitrogens is 1. The summed E-state index contributed by atoms with van der Waals surface area (Å²) in [7, 11) is 5.97. The molecule has 0 rings (SSSR count). The van der Waals surface area contributed by atoms with Gasteiger partial charge in [0.15, 0.2) is 6.10 Å². The average Bonchev–Trinajstić information content (AvgIpc) is 3.57. The van der Waals surface area contributed by atoms with Gasteiger partial charge in [-0.1, -0.05) is 288 Å². The van der Waals surface area contributed by atoms with Gasteiger partial charge in [-0.3, -0.25) is 9.59 Å². The van der Waals surface area contributed by atoms with Gasteiger partial charge >= 0.3 is 17.9 Å². The third-order valence-electron chi connectivity index (χ3n) is 14.6. The zero-order valence-corrected chi connectivity index (χ0v) is 56.4. The molecule has 0 aliphatic carbocycles. The third-order valence-corrected chi connectivity index (χ3v) is 14.6. The number of allylic oxidation sites excluding steroid dienone is 24. The lowest BCUT2D eigenvalue weighted by molar-refractivity contribution is -0.870. The second kappa shape index (κ2) is 67.1. The molecule has 0 aliphatic heterocycles. The van der Waals surface area contributed by atoms with Crippen molar-refractivity contribution in [3.8, 4) is 0 Å². The van der Waals surface area contributed by atoms with Crippen molar-refractivity contribution in [3.63, 3.8) is 0 Å². The lowest BCUT2D eigenvalue weighted by Crippen LogP contribution is -2.40. The van der Waals surface area contributed by atoms with E-state index >= 15 is 0 Å². The van der Waals surface area contributed by atoms with E-state index in [-0.39, 0.29) is 38.6 Å². The van der Waals surface area contributed by atoms with Crippen LogP contribution in [0.5, 0.6) is 0 Å². The Bertz CT molecular complexity index is 1940. The van der Waals surface area contributed by atoms with Gasteiger partial charge < -0.3 is 28.5 Å². The molecule has 0 saturated heterocycles. The summed E-state index contributed by atoms with van der Waals surface area (Å²) in [4.78, 5) is 37.6. The number of esters is 2. The fraction of sp³-hybridized carbons (Fsp3) is 0.654. The number of ether oxygens (including phenoxy) is 4. The molecule has 1 N–H and O–H groups in total. The van der Waals surface area contributed by atoms with Crippen LogP contribution in [0.25, 0.3) is 0 Å². The number of hydrogen-bond acceptors (Lipinski definition) is 7. The molecule has 0 bridgehead atoms. The molecule has 0 spiro atoms. The fourth-order valence-electron chi connectivity index (χ4n) is 9.32. The van der Waals surface area contributed by atoms with Crippen molar-refractivity contribution in [2.24, 2.45) is 0 Å². The molecule has 0 radical (unpaired) electrons. The van der Waals surface area contributed by atoms with Crippen molar-refractivity contribution in [3.05, 3.63) is 146 Å². The molecular weight excluding hydrogens is 1080 g/mol. The molecule has 0 amide bonds. The summed E-state index contributed by atoms with van der Waals surface area (Å²) in [6.07, 6.45) is 95.3. The smallest absolute Gasteiger partial charge is 0.361 e. The Labute approximate surface area is 534 Å². The van der Waals surface area contributed by atoms with E-state index in [2.05, 4.69) is 160 Å². The van der Waals surface area contributed by atoms with Gasteiger partial charge in [0.25, 0.3) is 6.29 Å². The first-order valence-electron chi connectivity index (χ1n) is 35.0. The maximum atomic E-state index is 13.0. The molecule has 2 atom stereocenters. The summed E-state index contributed by atoms with van der Waals surface area (Å²) in [6.45, 7) is 4.63. The second-order valence-corrected chi connectivity index (χ2v) is 24.1. The Kier molecular flexibility index (Phi) is 63.4.